The molecule has 12 aromatic rings. The van der Waals surface area contributed by atoms with E-state index in [2.05, 4.69) is 29.9 Å². The summed E-state index contributed by atoms with van der Waals surface area (Å²) in [6.45, 7) is 12.3. The van der Waals surface area contributed by atoms with Crippen molar-refractivity contribution < 1.29 is 109 Å². The van der Waals surface area contributed by atoms with E-state index in [0.29, 0.717) is 98.7 Å². The van der Waals surface area contributed by atoms with Gasteiger partial charge < -0.3 is 58.1 Å². The second-order valence-corrected chi connectivity index (χ2v) is 32.3. The maximum absolute atomic E-state index is 13.7. The fourth-order valence-corrected chi connectivity index (χ4v) is 15.3. The number of pyridine rings is 6. The molecule has 6 aliphatic heterocycles. The first-order valence-electron chi connectivity index (χ1n) is 40.3. The lowest BCUT2D eigenvalue weighted by Crippen LogP contribution is -2.28. The number of carbonyl (C=O) groups excluding carboxylic acids is 6. The van der Waals surface area contributed by atoms with E-state index in [4.69, 9.17) is 62.7 Å². The van der Waals surface area contributed by atoms with E-state index < -0.39 is 77.6 Å². The van der Waals surface area contributed by atoms with Crippen LogP contribution in [0.3, 0.4) is 0 Å². The van der Waals surface area contributed by atoms with Gasteiger partial charge >= 0.3 is 48.9 Å². The molecule has 654 valence electrons. The van der Waals surface area contributed by atoms with Crippen LogP contribution >= 0.6 is 34.8 Å². The maximum atomic E-state index is 13.7. The van der Waals surface area contributed by atoms with Crippen LogP contribution in [0, 0.1) is 53.3 Å². The SMILES string of the molecule is Cc1cc(C(F)(F)F)c(C(=O)Cc2ccc3c(c2)B(O)OC3)cn1.Cc1cc(Cl)c(C(=O)Cc2ccc3c(c2)B(O)OC3)cn1.Cc1ccc(C(=O)Cc2ccc3c(c2)B(O)OC3)c(Cl)n1.Cc1ccc(C(=O)Cc2ccc3c(c2)B(O)OC3)c(F)n1.Cc1ncc(C(=O)Cc2ccc3c(c2)B(O)OC3)cc1Cl.Cc1ncc(C(=O)Cc2ccc3c(c2)B(O)OC3)cc1F. The van der Waals surface area contributed by atoms with Crippen LogP contribution in [0.25, 0.3) is 0 Å². The Morgan fingerprint density at radius 3 is 0.984 bits per heavy atom. The zero-order chi connectivity index (χ0) is 92.4. The Morgan fingerprint density at radius 1 is 0.333 bits per heavy atom. The van der Waals surface area contributed by atoms with Crippen LogP contribution in [0.1, 0.15) is 169 Å². The largest absolute Gasteiger partial charge is 0.491 e. The second-order valence-electron chi connectivity index (χ2n) is 31.1. The van der Waals surface area contributed by atoms with Gasteiger partial charge in [0.1, 0.15) is 11.0 Å². The standard InChI is InChI=1S/C16H13BF3NO3.3C15H13BClNO3.2C15H13BFNO3/c1-9-4-13(16(18,19)20)12(7-21-9)15(22)6-10-2-3-11-8-24-17(23)14(11)5-10;1-9-2-5-12(15(17)18-9)14(19)7-10-3-4-11-8-21-16(20)13(11)6-10;1-9-14(17)6-12(7-18-9)15(19)5-10-2-3-11-8-21-16(20)13(11)4-10;1-9-4-14(17)12(7-18-9)15(19)6-10-2-3-11-8-21-16(20)13(11)5-10;1-9-2-5-12(15(17)18-9)14(19)7-10-3-4-11-8-21-16(20)13(11)6-10;1-9-14(17)6-12(7-18-9)15(19)5-10-2-3-11-8-21-16(20)13(11)4-10/h2-5,7,23H,6,8H2,1H3;2-6,20H,7-8H2,1H3;2-4,6-7,20H,5,8H2,1H3;2-5,7,20H,6,8H2,1H3;2-6,20H,7-8H2,1H3;2-4,6-7,20H,5,8H2,1H3. The van der Waals surface area contributed by atoms with E-state index in [1.807, 2.05) is 74.5 Å². The predicted octanol–water partition coefficient (Wildman–Crippen LogP) is 9.46. The number of alkyl halides is 3. The first-order chi connectivity index (χ1) is 61.5. The lowest BCUT2D eigenvalue weighted by Gasteiger charge is -2.12. The Morgan fingerprint density at radius 2 is 0.643 bits per heavy atom. The van der Waals surface area contributed by atoms with Crippen molar-refractivity contribution in [3.8, 4) is 0 Å². The summed E-state index contributed by atoms with van der Waals surface area (Å²) in [5, 5.41) is 59.2. The molecular formula is C91H78B6Cl3F5N6O18. The molecule has 0 amide bonds. The second kappa shape index (κ2) is 42.1. The van der Waals surface area contributed by atoms with Gasteiger partial charge in [-0.2, -0.15) is 17.6 Å². The third-order valence-electron chi connectivity index (χ3n) is 21.6. The van der Waals surface area contributed by atoms with Crippen molar-refractivity contribution in [2.75, 3.05) is 0 Å². The number of aryl methyl sites for hydroxylation is 6. The van der Waals surface area contributed by atoms with Crippen LogP contribution in [-0.4, -0.2) is 137 Å². The van der Waals surface area contributed by atoms with Gasteiger partial charge in [0.15, 0.2) is 34.7 Å². The summed E-state index contributed by atoms with van der Waals surface area (Å²) in [5.41, 5.74) is 17.4. The van der Waals surface area contributed by atoms with E-state index in [0.717, 1.165) is 95.7 Å². The molecule has 0 aliphatic carbocycles. The lowest BCUT2D eigenvalue weighted by molar-refractivity contribution is -0.138. The Hall–Kier alpha value is -11.3. The van der Waals surface area contributed by atoms with Gasteiger partial charge in [0.2, 0.25) is 5.95 Å². The topological polar surface area (TPSA) is 357 Å². The fourth-order valence-electron chi connectivity index (χ4n) is 14.5. The molecule has 38 heteroatoms. The Balaban J connectivity index is 0.000000132. The number of hydrogen-bond donors (Lipinski definition) is 6. The molecule has 0 saturated heterocycles. The molecule has 6 aliphatic rings. The summed E-state index contributed by atoms with van der Waals surface area (Å²) in [5.74, 6) is -2.71. The number of fused-ring (bicyclic) bond motifs is 6. The minimum atomic E-state index is -4.62. The third kappa shape index (κ3) is 24.0. The van der Waals surface area contributed by atoms with E-state index in [1.165, 1.54) is 37.6 Å². The van der Waals surface area contributed by atoms with Crippen LogP contribution in [0.4, 0.5) is 22.0 Å². The molecule has 6 aromatic carbocycles. The van der Waals surface area contributed by atoms with Gasteiger partial charge in [-0.05, 0) is 190 Å². The van der Waals surface area contributed by atoms with Crippen LogP contribution in [0.5, 0.6) is 0 Å². The van der Waals surface area contributed by atoms with Crippen molar-refractivity contribution in [3.05, 3.63) is 349 Å². The zero-order valence-corrected chi connectivity index (χ0v) is 72.3. The molecule has 0 fully saturated rings. The molecule has 0 atom stereocenters. The number of aromatic nitrogens is 6. The summed E-state index contributed by atoms with van der Waals surface area (Å²) >= 11 is 18.1. The monoisotopic (exact) mass is 1810 g/mol. The highest BCUT2D eigenvalue weighted by Gasteiger charge is 2.38. The minimum Gasteiger partial charge on any atom is -0.423 e. The van der Waals surface area contributed by atoms with Crippen molar-refractivity contribution in [1.82, 2.24) is 29.9 Å². The summed E-state index contributed by atoms with van der Waals surface area (Å²) in [7, 11) is -5.66. The number of Topliss-reactive ketones (excluding diaryl/α,β-unsaturated/α-hetero) is 6. The van der Waals surface area contributed by atoms with E-state index in [1.54, 1.807) is 99.6 Å². The summed E-state index contributed by atoms with van der Waals surface area (Å²) in [6.07, 6.45) is 1.40. The summed E-state index contributed by atoms with van der Waals surface area (Å²) in [6, 6.07) is 44.2. The molecule has 0 spiro atoms. The number of carbonyl (C=O) groups is 6. The zero-order valence-electron chi connectivity index (χ0n) is 70.1. The van der Waals surface area contributed by atoms with E-state index >= 15 is 0 Å². The van der Waals surface area contributed by atoms with Gasteiger partial charge in [-0.3, -0.25) is 48.7 Å². The van der Waals surface area contributed by atoms with Gasteiger partial charge in [0.25, 0.3) is 0 Å². The molecule has 6 aromatic heterocycles. The molecule has 24 nitrogen and oxygen atoms in total. The molecule has 18 rings (SSSR count). The number of ketones is 6. The smallest absolute Gasteiger partial charge is 0.423 e. The minimum absolute atomic E-state index is 0.0158. The van der Waals surface area contributed by atoms with Crippen molar-refractivity contribution >= 4 is 145 Å². The quantitative estimate of drug-likeness (QED) is 0.0201. The predicted molar refractivity (Wildman–Crippen MR) is 475 cm³/mol. The molecule has 0 saturated carbocycles. The lowest BCUT2D eigenvalue weighted by atomic mass is 9.78. The average molecular weight is 1810 g/mol. The van der Waals surface area contributed by atoms with E-state index in [-0.39, 0.29) is 102 Å². The normalized spacial score (nSPS) is 13.5. The Bertz CT molecular complexity index is 5940. The van der Waals surface area contributed by atoms with Gasteiger partial charge in [-0.15, -0.1) is 0 Å². The Labute approximate surface area is 754 Å². The highest BCUT2D eigenvalue weighted by molar-refractivity contribution is 6.64. The highest BCUT2D eigenvalue weighted by atomic mass is 35.5. The molecule has 129 heavy (non-hydrogen) atoms. The summed E-state index contributed by atoms with van der Waals surface area (Å²) < 4.78 is 97.2. The Kier molecular flexibility index (Phi) is 31.1. The molecule has 12 heterocycles. The molecular weight excluding hydrogens is 1730 g/mol. The molecule has 0 radical (unpaired) electrons. The average Bonchev–Trinajstić information content (AvgIpc) is 1.71. The van der Waals surface area contributed by atoms with Crippen LogP contribution in [-0.2, 0) is 112 Å². The van der Waals surface area contributed by atoms with Gasteiger partial charge in [-0.25, -0.2) is 14.4 Å². The van der Waals surface area contributed by atoms with E-state index in [9.17, 15) is 80.9 Å². The number of rotatable bonds is 18. The van der Waals surface area contributed by atoms with Crippen LogP contribution in [0.2, 0.25) is 15.2 Å². The van der Waals surface area contributed by atoms with Crippen molar-refractivity contribution in [2.45, 2.75) is 126 Å². The molecule has 6 N–H and O–H groups in total. The van der Waals surface area contributed by atoms with Gasteiger partial charge in [0.05, 0.1) is 83.3 Å². The van der Waals surface area contributed by atoms with Crippen molar-refractivity contribution in [3.63, 3.8) is 0 Å². The highest BCUT2D eigenvalue weighted by Crippen LogP contribution is 2.34. The fraction of sp³-hybridized carbons (Fsp3) is 0.209. The first-order valence-corrected chi connectivity index (χ1v) is 41.4. The molecule has 0 bridgehead atoms. The number of hydrogen-bond acceptors (Lipinski definition) is 24. The van der Waals surface area contributed by atoms with Crippen molar-refractivity contribution in [1.29, 1.82) is 0 Å². The maximum Gasteiger partial charge on any atom is 0.491 e. The van der Waals surface area contributed by atoms with Gasteiger partial charge in [-0.1, -0.05) is 144 Å². The number of nitrogens with zero attached hydrogens (tertiary/aromatic N) is 6. The molecule has 0 unspecified atom stereocenters. The van der Waals surface area contributed by atoms with Crippen LogP contribution < -0.4 is 32.8 Å². The van der Waals surface area contributed by atoms with Crippen LogP contribution in [0.15, 0.2) is 183 Å². The summed E-state index contributed by atoms with van der Waals surface area (Å²) in [4.78, 5) is 97.2. The van der Waals surface area contributed by atoms with Crippen molar-refractivity contribution in [2.24, 2.45) is 0 Å². The number of benzene rings is 6. The first kappa shape index (κ1) is 95.3. The third-order valence-corrected chi connectivity index (χ3v) is 22.6. The van der Waals surface area contributed by atoms with Gasteiger partial charge in [0, 0.05) is 103 Å². The number of halogens is 8.